The van der Waals surface area contributed by atoms with Crippen molar-refractivity contribution in [2.24, 2.45) is 11.8 Å². The molecule has 1 heterocycles. The van der Waals surface area contributed by atoms with Gasteiger partial charge in [0, 0.05) is 12.8 Å². The Bertz CT molecular complexity index is 1430. The van der Waals surface area contributed by atoms with Gasteiger partial charge in [-0.1, -0.05) is 95.8 Å². The number of aryl methyl sites for hydroxylation is 1. The van der Waals surface area contributed by atoms with Crippen molar-refractivity contribution >= 4 is 29.4 Å². The van der Waals surface area contributed by atoms with Crippen LogP contribution in [0.5, 0.6) is 0 Å². The van der Waals surface area contributed by atoms with Gasteiger partial charge in [-0.2, -0.15) is 0 Å². The average molecular weight is 722 g/mol. The molecular weight excluding hydrogens is 658 g/mol. The van der Waals surface area contributed by atoms with Crippen LogP contribution in [0.1, 0.15) is 85.3 Å². The van der Waals surface area contributed by atoms with Gasteiger partial charge in [0.15, 0.2) is 5.78 Å². The fourth-order valence-electron chi connectivity index (χ4n) is 5.95. The molecule has 4 amide bonds. The van der Waals surface area contributed by atoms with Crippen LogP contribution in [0, 0.1) is 11.8 Å². The highest BCUT2D eigenvalue weighted by Crippen LogP contribution is 2.29. The fraction of sp³-hybridized carbons (Fsp3) is 0.585. The largest absolute Gasteiger partial charge is 0.361 e. The summed E-state index contributed by atoms with van der Waals surface area (Å²) in [6, 6.07) is 15.4. The summed E-state index contributed by atoms with van der Waals surface area (Å²) in [5.74, 6) is -1.74. The van der Waals surface area contributed by atoms with Crippen molar-refractivity contribution in [1.29, 1.82) is 0 Å². The van der Waals surface area contributed by atoms with E-state index in [9.17, 15) is 24.0 Å². The Morgan fingerprint density at radius 2 is 1.19 bits per heavy atom. The van der Waals surface area contributed by atoms with Gasteiger partial charge in [0.25, 0.3) is 0 Å². The van der Waals surface area contributed by atoms with E-state index >= 15 is 0 Å². The van der Waals surface area contributed by atoms with Crippen LogP contribution in [0.4, 0.5) is 0 Å². The third kappa shape index (κ3) is 15.3. The zero-order valence-corrected chi connectivity index (χ0v) is 31.5. The molecule has 288 valence electrons. The number of Topliss-reactive ketones (excluding diaryl/α,β-unsaturated/α-hetero) is 1. The predicted octanol–water partition coefficient (Wildman–Crippen LogP) is 4.23. The minimum absolute atomic E-state index is 0. The highest BCUT2D eigenvalue weighted by atomic mass is 16.6. The molecule has 11 heteroatoms. The molecule has 5 atom stereocenters. The zero-order valence-electron chi connectivity index (χ0n) is 31.5. The van der Waals surface area contributed by atoms with E-state index in [1.807, 2.05) is 107 Å². The molecule has 11 nitrogen and oxygen atoms in total. The Hall–Kier alpha value is -4.09. The van der Waals surface area contributed by atoms with Gasteiger partial charge in [-0.05, 0) is 82.6 Å². The molecule has 0 aliphatic carbocycles. The Labute approximate surface area is 311 Å². The summed E-state index contributed by atoms with van der Waals surface area (Å²) in [5, 5.41) is 11.6. The third-order valence-corrected chi connectivity index (χ3v) is 8.92. The molecule has 0 saturated carbocycles. The predicted molar refractivity (Wildman–Crippen MR) is 205 cm³/mol. The average Bonchev–Trinajstić information content (AvgIpc) is 3.83. The van der Waals surface area contributed by atoms with Crippen LogP contribution in [0.2, 0.25) is 0 Å². The number of hydrogen-bond acceptors (Lipinski definition) is 7. The first-order chi connectivity index (χ1) is 24.2. The van der Waals surface area contributed by atoms with E-state index in [1.165, 1.54) is 0 Å². The lowest BCUT2D eigenvalue weighted by Crippen LogP contribution is -2.59. The SMILES string of the molecule is C.CC(C)C[C@H](NC(=O)[C@H](CCc1ccccc1)NC(=O)CCCN(C)C)C(=O)N[C@@H](Cc1ccccc1)C(=O)N[C@@H](CC(C)C)C(=O)[C@@]1(C)CO1. The number of carbonyl (C=O) groups is 5. The summed E-state index contributed by atoms with van der Waals surface area (Å²) in [6.07, 6.45) is 2.72. The maximum atomic E-state index is 14.0. The molecule has 0 unspecified atom stereocenters. The van der Waals surface area contributed by atoms with Gasteiger partial charge in [-0.25, -0.2) is 0 Å². The molecule has 1 saturated heterocycles. The van der Waals surface area contributed by atoms with Crippen molar-refractivity contribution in [1.82, 2.24) is 26.2 Å². The van der Waals surface area contributed by atoms with Gasteiger partial charge < -0.3 is 30.9 Å². The molecule has 0 bridgehead atoms. The van der Waals surface area contributed by atoms with E-state index in [4.69, 9.17) is 4.74 Å². The quantitative estimate of drug-likeness (QED) is 0.133. The summed E-state index contributed by atoms with van der Waals surface area (Å²) in [7, 11) is 3.88. The lowest BCUT2D eigenvalue weighted by molar-refractivity contribution is -0.135. The summed E-state index contributed by atoms with van der Waals surface area (Å²) in [4.78, 5) is 70.1. The van der Waals surface area contributed by atoms with E-state index < -0.39 is 47.5 Å². The molecule has 2 aromatic carbocycles. The van der Waals surface area contributed by atoms with Crippen molar-refractivity contribution in [3.63, 3.8) is 0 Å². The number of nitrogens with one attached hydrogen (secondary N) is 4. The highest BCUT2D eigenvalue weighted by Gasteiger charge is 2.50. The van der Waals surface area contributed by atoms with Gasteiger partial charge in [-0.3, -0.25) is 24.0 Å². The molecule has 2 aromatic rings. The molecule has 52 heavy (non-hydrogen) atoms. The monoisotopic (exact) mass is 721 g/mol. The summed E-state index contributed by atoms with van der Waals surface area (Å²) >= 11 is 0. The van der Waals surface area contributed by atoms with Crippen molar-refractivity contribution < 1.29 is 28.7 Å². The van der Waals surface area contributed by atoms with Crippen LogP contribution < -0.4 is 21.3 Å². The fourth-order valence-corrected chi connectivity index (χ4v) is 5.95. The van der Waals surface area contributed by atoms with Crippen LogP contribution in [-0.4, -0.2) is 91.3 Å². The second-order valence-corrected chi connectivity index (χ2v) is 15.1. The van der Waals surface area contributed by atoms with Crippen LogP contribution in [0.25, 0.3) is 0 Å². The standard InChI is InChI=1S/C40H59N5O6.CH4/c1-27(2)23-32(36(47)40(5)26-51-40)42-39(50)34(25-30-17-12-9-13-18-30)44-38(49)33(24-28(3)4)43-37(48)31(21-20-29-15-10-8-11-16-29)41-35(46)19-14-22-45(6)7;/h8-13,15-18,27-28,31-34H,14,19-26H2,1-7H3,(H,41,46)(H,42,50)(H,43,48)(H,44,49);1H4/t31-,32-,33-,34-,40+;/m0./s1. The number of carbonyl (C=O) groups excluding carboxylic acids is 5. The molecule has 3 rings (SSSR count). The lowest BCUT2D eigenvalue weighted by atomic mass is 9.93. The summed E-state index contributed by atoms with van der Waals surface area (Å²) in [5.41, 5.74) is 0.931. The van der Waals surface area contributed by atoms with E-state index in [0.29, 0.717) is 38.7 Å². The normalized spacial score (nSPS) is 17.3. The molecule has 0 spiro atoms. The smallest absolute Gasteiger partial charge is 0.243 e. The Morgan fingerprint density at radius 3 is 1.73 bits per heavy atom. The van der Waals surface area contributed by atoms with Crippen LogP contribution >= 0.6 is 0 Å². The first-order valence-corrected chi connectivity index (χ1v) is 18.3. The van der Waals surface area contributed by atoms with Crippen molar-refractivity contribution in [2.75, 3.05) is 27.2 Å². The Morgan fingerprint density at radius 1 is 0.712 bits per heavy atom. The van der Waals surface area contributed by atoms with Gasteiger partial charge in [0.05, 0.1) is 12.6 Å². The Kier molecular flexibility index (Phi) is 18.2. The number of rotatable bonds is 22. The molecular formula is C41H63N5O6. The highest BCUT2D eigenvalue weighted by molar-refractivity contribution is 5.98. The summed E-state index contributed by atoms with van der Waals surface area (Å²) in [6.45, 7) is 10.6. The number of epoxide rings is 1. The maximum Gasteiger partial charge on any atom is 0.243 e. The second-order valence-electron chi connectivity index (χ2n) is 15.1. The zero-order chi connectivity index (χ0) is 37.6. The number of benzene rings is 2. The third-order valence-electron chi connectivity index (χ3n) is 8.92. The first-order valence-electron chi connectivity index (χ1n) is 18.3. The number of amides is 4. The first kappa shape index (κ1) is 44.1. The van der Waals surface area contributed by atoms with Gasteiger partial charge in [-0.15, -0.1) is 0 Å². The molecule has 0 aromatic heterocycles. The van der Waals surface area contributed by atoms with E-state index in [-0.39, 0.29) is 43.8 Å². The lowest BCUT2D eigenvalue weighted by Gasteiger charge is -2.28. The van der Waals surface area contributed by atoms with E-state index in [0.717, 1.165) is 17.7 Å². The van der Waals surface area contributed by atoms with Crippen LogP contribution in [-0.2, 0) is 41.6 Å². The van der Waals surface area contributed by atoms with Gasteiger partial charge >= 0.3 is 0 Å². The molecule has 1 fully saturated rings. The maximum absolute atomic E-state index is 14.0. The summed E-state index contributed by atoms with van der Waals surface area (Å²) < 4.78 is 5.40. The number of nitrogens with zero attached hydrogens (tertiary/aromatic N) is 1. The minimum atomic E-state index is -1.02. The van der Waals surface area contributed by atoms with E-state index in [2.05, 4.69) is 21.3 Å². The van der Waals surface area contributed by atoms with Crippen molar-refractivity contribution in [3.05, 3.63) is 71.8 Å². The molecule has 4 N–H and O–H groups in total. The minimum Gasteiger partial charge on any atom is -0.361 e. The molecule has 0 radical (unpaired) electrons. The van der Waals surface area contributed by atoms with Crippen LogP contribution in [0.15, 0.2) is 60.7 Å². The molecule has 1 aliphatic heterocycles. The van der Waals surface area contributed by atoms with E-state index in [1.54, 1.807) is 6.92 Å². The number of ketones is 1. The van der Waals surface area contributed by atoms with Crippen molar-refractivity contribution in [3.8, 4) is 0 Å². The number of hydrogen-bond donors (Lipinski definition) is 4. The van der Waals surface area contributed by atoms with Gasteiger partial charge in [0.1, 0.15) is 23.7 Å². The number of ether oxygens (including phenoxy) is 1. The van der Waals surface area contributed by atoms with Crippen molar-refractivity contribution in [2.45, 2.75) is 117 Å². The Balaban J connectivity index is 0.00000936. The second kappa shape index (κ2) is 21.4. The van der Waals surface area contributed by atoms with Gasteiger partial charge in [0.2, 0.25) is 23.6 Å². The molecule has 1 aliphatic rings. The topological polar surface area (TPSA) is 149 Å². The van der Waals surface area contributed by atoms with Crippen LogP contribution in [0.3, 0.4) is 0 Å².